The van der Waals surface area contributed by atoms with E-state index in [1.807, 2.05) is 6.92 Å². The zero-order valence-electron chi connectivity index (χ0n) is 7.98. The molecule has 0 aliphatic carbocycles. The maximum absolute atomic E-state index is 10.9. The third-order valence-corrected chi connectivity index (χ3v) is 2.74. The van der Waals surface area contributed by atoms with Crippen LogP contribution in [0.15, 0.2) is 14.7 Å². The minimum Gasteiger partial charge on any atom is -0.327 e. The van der Waals surface area contributed by atoms with Crippen molar-refractivity contribution in [3.8, 4) is 0 Å². The smallest absolute Gasteiger partial charge is 0.327 e. The molecule has 0 aromatic carbocycles. The minimum absolute atomic E-state index is 0.0174. The van der Waals surface area contributed by atoms with Crippen molar-refractivity contribution >= 4 is 11.8 Å². The highest BCUT2D eigenvalue weighted by Crippen LogP contribution is 2.11. The Hall–Kier alpha value is -1.08. The summed E-state index contributed by atoms with van der Waals surface area (Å²) in [5.74, 6) is 0.645. The van der Waals surface area contributed by atoms with Crippen LogP contribution in [0.5, 0.6) is 0 Å². The number of nitrogens with one attached hydrogen (secondary N) is 1. The van der Waals surface area contributed by atoms with E-state index in [0.29, 0.717) is 10.9 Å². The van der Waals surface area contributed by atoms with Gasteiger partial charge in [-0.25, -0.2) is 0 Å². The second-order valence-corrected chi connectivity index (χ2v) is 3.97. The van der Waals surface area contributed by atoms with Gasteiger partial charge >= 0.3 is 11.1 Å². The van der Waals surface area contributed by atoms with Gasteiger partial charge in [-0.3, -0.25) is 19.4 Å². The van der Waals surface area contributed by atoms with E-state index in [1.165, 1.54) is 16.4 Å². The number of hydrogen-bond donors (Lipinski definition) is 2. The molecule has 0 aliphatic rings. The molecule has 0 saturated carbocycles. The molecule has 0 amide bonds. The Labute approximate surface area is 84.5 Å². The molecule has 1 atom stereocenters. The average Bonchev–Trinajstić information content (AvgIpc) is 2.09. The van der Waals surface area contributed by atoms with Crippen LogP contribution in [0.4, 0.5) is 0 Å². The first-order valence-corrected chi connectivity index (χ1v) is 5.05. The highest BCUT2D eigenvalue weighted by molar-refractivity contribution is 7.99. The van der Waals surface area contributed by atoms with E-state index >= 15 is 0 Å². The van der Waals surface area contributed by atoms with E-state index < -0.39 is 11.1 Å². The normalized spacial score (nSPS) is 12.8. The van der Waals surface area contributed by atoms with Crippen LogP contribution in [0.1, 0.15) is 6.92 Å². The number of thioether (sulfide) groups is 1. The summed E-state index contributed by atoms with van der Waals surface area (Å²) in [5, 5.41) is 2.82. The van der Waals surface area contributed by atoms with Gasteiger partial charge in [-0.2, -0.15) is 4.98 Å². The standard InChI is InChI=1S/C7H12N4O2S/c1-4(8)3-14-7-9-5(12)6(13)10-11(7)2/h4H,3,8H2,1-2H3,(H,10,13). The van der Waals surface area contributed by atoms with E-state index in [0.717, 1.165) is 0 Å². The van der Waals surface area contributed by atoms with Gasteiger partial charge in [-0.1, -0.05) is 11.8 Å². The number of nitrogens with zero attached hydrogens (tertiary/aromatic N) is 2. The summed E-state index contributed by atoms with van der Waals surface area (Å²) in [5.41, 5.74) is 4.07. The molecule has 0 aliphatic heterocycles. The van der Waals surface area contributed by atoms with E-state index in [2.05, 4.69) is 10.1 Å². The first kappa shape index (κ1) is 11.0. The molecule has 1 aromatic heterocycles. The van der Waals surface area contributed by atoms with Crippen molar-refractivity contribution in [2.45, 2.75) is 18.1 Å². The van der Waals surface area contributed by atoms with Crippen LogP contribution < -0.4 is 16.9 Å². The molecule has 0 bridgehead atoms. The van der Waals surface area contributed by atoms with Crippen LogP contribution >= 0.6 is 11.8 Å². The molecule has 3 N–H and O–H groups in total. The molecule has 0 saturated heterocycles. The first-order valence-electron chi connectivity index (χ1n) is 4.06. The zero-order chi connectivity index (χ0) is 10.7. The fraction of sp³-hybridized carbons (Fsp3) is 0.571. The number of hydrogen-bond acceptors (Lipinski definition) is 5. The molecular weight excluding hydrogens is 204 g/mol. The van der Waals surface area contributed by atoms with Crippen molar-refractivity contribution in [3.05, 3.63) is 20.7 Å². The van der Waals surface area contributed by atoms with Crippen LogP contribution in [0.2, 0.25) is 0 Å². The van der Waals surface area contributed by atoms with Gasteiger partial charge in [0.05, 0.1) is 0 Å². The van der Waals surface area contributed by atoms with Crippen LogP contribution in [0.3, 0.4) is 0 Å². The van der Waals surface area contributed by atoms with Crippen molar-refractivity contribution in [3.63, 3.8) is 0 Å². The predicted molar refractivity (Wildman–Crippen MR) is 54.5 cm³/mol. The van der Waals surface area contributed by atoms with Gasteiger partial charge in [0.1, 0.15) is 0 Å². The number of aromatic amines is 1. The highest BCUT2D eigenvalue weighted by Gasteiger charge is 2.05. The first-order chi connectivity index (χ1) is 6.50. The number of H-pyrrole nitrogens is 1. The van der Waals surface area contributed by atoms with Gasteiger partial charge in [0.25, 0.3) is 0 Å². The molecule has 1 rings (SSSR count). The summed E-state index contributed by atoms with van der Waals surface area (Å²) in [6.45, 7) is 1.86. The SMILES string of the molecule is CC(N)CSc1nc(=O)c(=O)[nH]n1C. The third kappa shape index (κ3) is 2.71. The van der Waals surface area contributed by atoms with Gasteiger partial charge in [0.15, 0.2) is 5.16 Å². The van der Waals surface area contributed by atoms with E-state index in [1.54, 1.807) is 7.05 Å². The van der Waals surface area contributed by atoms with Gasteiger partial charge in [0, 0.05) is 18.8 Å². The Kier molecular flexibility index (Phi) is 3.48. The monoisotopic (exact) mass is 216 g/mol. The van der Waals surface area contributed by atoms with Gasteiger partial charge in [0.2, 0.25) is 0 Å². The molecule has 0 fully saturated rings. The second kappa shape index (κ2) is 4.43. The minimum atomic E-state index is -0.768. The van der Waals surface area contributed by atoms with Gasteiger partial charge < -0.3 is 5.73 Å². The van der Waals surface area contributed by atoms with Crippen LogP contribution in [-0.4, -0.2) is 26.6 Å². The fourth-order valence-corrected chi connectivity index (χ4v) is 1.59. The highest BCUT2D eigenvalue weighted by atomic mass is 32.2. The Morgan fingerprint density at radius 3 is 2.86 bits per heavy atom. The lowest BCUT2D eigenvalue weighted by Gasteiger charge is -2.06. The third-order valence-electron chi connectivity index (χ3n) is 1.42. The lowest BCUT2D eigenvalue weighted by Crippen LogP contribution is -2.34. The number of rotatable bonds is 3. The molecule has 0 radical (unpaired) electrons. The van der Waals surface area contributed by atoms with E-state index in [-0.39, 0.29) is 6.04 Å². The fourth-order valence-electron chi connectivity index (χ4n) is 0.796. The van der Waals surface area contributed by atoms with Crippen LogP contribution in [-0.2, 0) is 7.05 Å². The largest absolute Gasteiger partial charge is 0.339 e. The Balaban J connectivity index is 2.93. The Morgan fingerprint density at radius 2 is 2.29 bits per heavy atom. The molecule has 7 heteroatoms. The molecule has 1 unspecified atom stereocenters. The molecule has 1 aromatic rings. The number of aryl methyl sites for hydroxylation is 1. The quantitative estimate of drug-likeness (QED) is 0.494. The van der Waals surface area contributed by atoms with Gasteiger partial charge in [-0.15, -0.1) is 0 Å². The van der Waals surface area contributed by atoms with E-state index in [9.17, 15) is 9.59 Å². The Morgan fingerprint density at radius 1 is 1.64 bits per heavy atom. The summed E-state index contributed by atoms with van der Waals surface area (Å²) < 4.78 is 1.41. The lowest BCUT2D eigenvalue weighted by atomic mass is 10.4. The topological polar surface area (TPSA) is 93.8 Å². The maximum Gasteiger partial charge on any atom is 0.339 e. The summed E-state index contributed by atoms with van der Waals surface area (Å²) in [6.07, 6.45) is 0. The van der Waals surface area contributed by atoms with Crippen molar-refractivity contribution < 1.29 is 0 Å². The lowest BCUT2D eigenvalue weighted by molar-refractivity contribution is 0.596. The maximum atomic E-state index is 10.9. The Bertz CT molecular complexity index is 422. The number of nitrogens with two attached hydrogens (primary N) is 1. The van der Waals surface area contributed by atoms with E-state index in [4.69, 9.17) is 5.73 Å². The van der Waals surface area contributed by atoms with Crippen molar-refractivity contribution in [2.75, 3.05) is 5.75 Å². The van der Waals surface area contributed by atoms with Crippen molar-refractivity contribution in [1.29, 1.82) is 0 Å². The van der Waals surface area contributed by atoms with Gasteiger partial charge in [-0.05, 0) is 6.92 Å². The molecule has 1 heterocycles. The number of aromatic nitrogens is 3. The van der Waals surface area contributed by atoms with Crippen LogP contribution in [0.25, 0.3) is 0 Å². The molecule has 78 valence electrons. The zero-order valence-corrected chi connectivity index (χ0v) is 8.80. The summed E-state index contributed by atoms with van der Waals surface area (Å²) in [4.78, 5) is 25.4. The summed E-state index contributed by atoms with van der Waals surface area (Å²) in [7, 11) is 1.62. The molecular formula is C7H12N4O2S. The molecule has 6 nitrogen and oxygen atoms in total. The molecule has 0 spiro atoms. The second-order valence-electron chi connectivity index (χ2n) is 2.99. The molecule has 14 heavy (non-hydrogen) atoms. The summed E-state index contributed by atoms with van der Waals surface area (Å²) in [6, 6.07) is 0.0174. The predicted octanol–water partition coefficient (Wildman–Crippen LogP) is -1.09. The van der Waals surface area contributed by atoms with Crippen LogP contribution in [0, 0.1) is 0 Å². The summed E-state index contributed by atoms with van der Waals surface area (Å²) >= 11 is 1.33. The van der Waals surface area contributed by atoms with Crippen molar-refractivity contribution in [2.24, 2.45) is 12.8 Å². The average molecular weight is 216 g/mol. The van der Waals surface area contributed by atoms with Crippen molar-refractivity contribution in [1.82, 2.24) is 14.8 Å².